The molecule has 0 aromatic carbocycles. The lowest BCUT2D eigenvalue weighted by Gasteiger charge is -2.22. The first-order chi connectivity index (χ1) is 5.15. The van der Waals surface area contributed by atoms with Crippen LogP contribution in [0.1, 0.15) is 20.3 Å². The van der Waals surface area contributed by atoms with Gasteiger partial charge in [0.15, 0.2) is 0 Å². The van der Waals surface area contributed by atoms with Crippen LogP contribution >= 0.6 is 0 Å². The summed E-state index contributed by atoms with van der Waals surface area (Å²) in [5.41, 5.74) is 0. The van der Waals surface area contributed by atoms with Gasteiger partial charge in [0.2, 0.25) is 0 Å². The quantitative estimate of drug-likeness (QED) is 0.539. The summed E-state index contributed by atoms with van der Waals surface area (Å²) in [6, 6.07) is -0.338. The summed E-state index contributed by atoms with van der Waals surface area (Å²) >= 11 is 0. The Bertz CT molecular complexity index is 158. The Morgan fingerprint density at radius 2 is 2.36 bits per heavy atom. The molecule has 0 aromatic rings. The average molecular weight is 156 g/mol. The minimum atomic E-state index is -0.920. The van der Waals surface area contributed by atoms with E-state index >= 15 is 0 Å². The Balaban J connectivity index is 2.57. The normalized spacial score (nSPS) is 32.5. The maximum Gasteiger partial charge on any atom is 0.0586 e. The largest absolute Gasteiger partial charge is 0.548 e. The van der Waals surface area contributed by atoms with Gasteiger partial charge in [0.25, 0.3) is 0 Å². The number of carbonyl (C=O) groups excluding carboxylic acids is 1. The molecule has 0 aliphatic carbocycles. The van der Waals surface area contributed by atoms with Crippen LogP contribution in [-0.4, -0.2) is 30.0 Å². The molecule has 1 aliphatic rings. The van der Waals surface area contributed by atoms with Crippen LogP contribution < -0.4 is 5.11 Å². The molecule has 1 fully saturated rings. The smallest absolute Gasteiger partial charge is 0.0586 e. The van der Waals surface area contributed by atoms with Gasteiger partial charge < -0.3 is 9.90 Å². The highest BCUT2D eigenvalue weighted by atomic mass is 16.4. The van der Waals surface area contributed by atoms with Crippen LogP contribution in [0.3, 0.4) is 0 Å². The van der Waals surface area contributed by atoms with Crippen LogP contribution in [0.5, 0.6) is 0 Å². The number of likely N-dealkylation sites (tertiary alicyclic amines) is 1. The molecule has 2 atom stereocenters. The molecular weight excluding hydrogens is 142 g/mol. The number of carbonyl (C=O) groups is 1. The molecule has 1 heterocycles. The molecule has 0 N–H and O–H groups in total. The zero-order valence-electron chi connectivity index (χ0n) is 7.04. The number of rotatable bonds is 2. The minimum Gasteiger partial charge on any atom is -0.548 e. The second-order valence-corrected chi connectivity index (χ2v) is 3.26. The lowest BCUT2D eigenvalue weighted by atomic mass is 10.1. The van der Waals surface area contributed by atoms with E-state index in [1.165, 1.54) is 0 Å². The van der Waals surface area contributed by atoms with Gasteiger partial charge in [-0.25, -0.2) is 0 Å². The van der Waals surface area contributed by atoms with Crippen molar-refractivity contribution in [3.05, 3.63) is 0 Å². The van der Waals surface area contributed by atoms with E-state index in [9.17, 15) is 9.90 Å². The van der Waals surface area contributed by atoms with E-state index in [2.05, 4.69) is 6.92 Å². The summed E-state index contributed by atoms with van der Waals surface area (Å²) in [7, 11) is 0. The van der Waals surface area contributed by atoms with Gasteiger partial charge in [-0.15, -0.1) is 0 Å². The number of nitrogens with zero attached hydrogens (tertiary/aromatic N) is 1. The van der Waals surface area contributed by atoms with Crippen molar-refractivity contribution in [2.75, 3.05) is 13.1 Å². The Morgan fingerprint density at radius 1 is 1.73 bits per heavy atom. The first-order valence-corrected chi connectivity index (χ1v) is 4.10. The monoisotopic (exact) mass is 156 g/mol. The summed E-state index contributed by atoms with van der Waals surface area (Å²) in [6.07, 6.45) is 0.746. The molecule has 1 saturated heterocycles. The molecule has 0 aromatic heterocycles. The fraction of sp³-hybridized carbons (Fsp3) is 0.875. The predicted molar refractivity (Wildman–Crippen MR) is 39.8 cm³/mol. The zero-order chi connectivity index (χ0) is 8.43. The fourth-order valence-electron chi connectivity index (χ4n) is 1.73. The molecular formula is C8H14NO2-. The molecule has 0 spiro atoms. The molecule has 2 unspecified atom stereocenters. The third-order valence-corrected chi connectivity index (χ3v) is 2.29. The number of aliphatic carboxylic acids is 1. The Labute approximate surface area is 67.0 Å². The van der Waals surface area contributed by atoms with E-state index in [1.807, 2.05) is 11.8 Å². The fourth-order valence-corrected chi connectivity index (χ4v) is 1.73. The van der Waals surface area contributed by atoms with Crippen LogP contribution in [0, 0.1) is 5.92 Å². The highest BCUT2D eigenvalue weighted by molar-refractivity contribution is 5.71. The van der Waals surface area contributed by atoms with E-state index in [0.29, 0.717) is 5.92 Å². The highest BCUT2D eigenvalue weighted by Gasteiger charge is 2.28. The Kier molecular flexibility index (Phi) is 2.49. The van der Waals surface area contributed by atoms with Crippen molar-refractivity contribution in [3.8, 4) is 0 Å². The van der Waals surface area contributed by atoms with Crippen molar-refractivity contribution >= 4 is 5.97 Å². The number of carboxylic acids is 1. The Morgan fingerprint density at radius 3 is 2.73 bits per heavy atom. The van der Waals surface area contributed by atoms with Crippen LogP contribution in [0.2, 0.25) is 0 Å². The van der Waals surface area contributed by atoms with Crippen LogP contribution in [0.15, 0.2) is 0 Å². The molecule has 0 amide bonds. The lowest BCUT2D eigenvalue weighted by Crippen LogP contribution is -2.44. The van der Waals surface area contributed by atoms with Crippen molar-refractivity contribution in [1.29, 1.82) is 0 Å². The van der Waals surface area contributed by atoms with Gasteiger partial charge in [0.05, 0.1) is 5.97 Å². The zero-order valence-corrected chi connectivity index (χ0v) is 7.04. The summed E-state index contributed by atoms with van der Waals surface area (Å²) in [6.45, 7) is 5.76. The van der Waals surface area contributed by atoms with E-state index in [-0.39, 0.29) is 6.04 Å². The molecule has 11 heavy (non-hydrogen) atoms. The Hall–Kier alpha value is -0.570. The van der Waals surface area contributed by atoms with Crippen molar-refractivity contribution in [2.24, 2.45) is 5.92 Å². The van der Waals surface area contributed by atoms with E-state index < -0.39 is 5.97 Å². The van der Waals surface area contributed by atoms with E-state index in [0.717, 1.165) is 19.5 Å². The van der Waals surface area contributed by atoms with Gasteiger partial charge in [-0.05, 0) is 18.9 Å². The topological polar surface area (TPSA) is 43.4 Å². The van der Waals surface area contributed by atoms with Crippen molar-refractivity contribution < 1.29 is 9.90 Å². The second kappa shape index (κ2) is 3.22. The first-order valence-electron chi connectivity index (χ1n) is 4.10. The first kappa shape index (κ1) is 8.53. The van der Waals surface area contributed by atoms with Crippen molar-refractivity contribution in [3.63, 3.8) is 0 Å². The molecule has 64 valence electrons. The third-order valence-electron chi connectivity index (χ3n) is 2.29. The van der Waals surface area contributed by atoms with E-state index in [1.54, 1.807) is 0 Å². The molecule has 0 radical (unpaired) electrons. The summed E-state index contributed by atoms with van der Waals surface area (Å²) in [5.74, 6) is -0.422. The van der Waals surface area contributed by atoms with Gasteiger partial charge in [-0.2, -0.15) is 0 Å². The van der Waals surface area contributed by atoms with Gasteiger partial charge >= 0.3 is 0 Å². The molecule has 1 aliphatic heterocycles. The number of carboxylic acid groups (broad SMARTS) is 1. The summed E-state index contributed by atoms with van der Waals surface area (Å²) < 4.78 is 0. The second-order valence-electron chi connectivity index (χ2n) is 3.26. The number of hydrogen-bond donors (Lipinski definition) is 0. The highest BCUT2D eigenvalue weighted by Crippen LogP contribution is 2.21. The summed E-state index contributed by atoms with van der Waals surface area (Å²) in [5, 5.41) is 10.6. The average Bonchev–Trinajstić information content (AvgIpc) is 2.30. The molecule has 3 nitrogen and oxygen atoms in total. The van der Waals surface area contributed by atoms with Crippen LogP contribution in [-0.2, 0) is 4.79 Å². The molecule has 1 rings (SSSR count). The third kappa shape index (κ3) is 1.71. The van der Waals surface area contributed by atoms with E-state index in [4.69, 9.17) is 0 Å². The van der Waals surface area contributed by atoms with Gasteiger partial charge in [0.1, 0.15) is 0 Å². The van der Waals surface area contributed by atoms with Gasteiger partial charge in [0, 0.05) is 12.6 Å². The number of likely N-dealkylation sites (N-methyl/N-ethyl adjacent to an activating group) is 1. The minimum absolute atomic E-state index is 0.338. The summed E-state index contributed by atoms with van der Waals surface area (Å²) in [4.78, 5) is 12.5. The predicted octanol–water partition coefficient (Wildman–Crippen LogP) is -0.533. The van der Waals surface area contributed by atoms with Gasteiger partial charge in [-0.3, -0.25) is 4.90 Å². The maximum atomic E-state index is 10.6. The van der Waals surface area contributed by atoms with Crippen LogP contribution in [0.25, 0.3) is 0 Å². The lowest BCUT2D eigenvalue weighted by molar-refractivity contribution is -0.310. The molecule has 0 bridgehead atoms. The molecule has 0 saturated carbocycles. The standard InChI is InChI=1S/C8H15NO2/c1-3-9-5-6(2)4-7(9)8(10)11/h6-7H,3-5H2,1-2H3,(H,10,11)/p-1. The maximum absolute atomic E-state index is 10.6. The van der Waals surface area contributed by atoms with Gasteiger partial charge in [-0.1, -0.05) is 13.8 Å². The molecule has 3 heteroatoms. The SMILES string of the molecule is CCN1CC(C)CC1C(=O)[O-]. The van der Waals surface area contributed by atoms with Crippen LogP contribution in [0.4, 0.5) is 0 Å². The number of hydrogen-bond acceptors (Lipinski definition) is 3. The van der Waals surface area contributed by atoms with Crippen molar-refractivity contribution in [2.45, 2.75) is 26.3 Å². The van der Waals surface area contributed by atoms with Crippen molar-refractivity contribution in [1.82, 2.24) is 4.90 Å².